The number of ether oxygens (including phenoxy) is 2. The van der Waals surface area contributed by atoms with E-state index in [4.69, 9.17) is 9.47 Å². The van der Waals surface area contributed by atoms with Gasteiger partial charge < -0.3 is 19.7 Å². The Labute approximate surface area is 285 Å². The minimum absolute atomic E-state index is 0.0354. The molecular formula is C36H40BrN3O6S. The summed E-state index contributed by atoms with van der Waals surface area (Å²) in [7, 11) is -1.37. The van der Waals surface area contributed by atoms with Gasteiger partial charge in [0, 0.05) is 23.5 Å². The third kappa shape index (κ3) is 9.14. The second kappa shape index (κ2) is 16.5. The van der Waals surface area contributed by atoms with Crippen LogP contribution in [0.25, 0.3) is 0 Å². The molecule has 0 aromatic heterocycles. The highest BCUT2D eigenvalue weighted by molar-refractivity contribution is 9.10. The molecule has 0 spiro atoms. The van der Waals surface area contributed by atoms with E-state index in [1.165, 1.54) is 31.3 Å². The number of rotatable bonds is 15. The van der Waals surface area contributed by atoms with Crippen LogP contribution < -0.4 is 19.1 Å². The summed E-state index contributed by atoms with van der Waals surface area (Å²) in [6.07, 6.45) is 0.928. The van der Waals surface area contributed by atoms with Crippen LogP contribution in [0.2, 0.25) is 0 Å². The number of methoxy groups -OCH3 is 2. The highest BCUT2D eigenvalue weighted by Gasteiger charge is 2.35. The SMILES string of the molecule is CC[C@@H](C)NC(=O)[C@@H](Cc1ccccc1)N(Cc1ccc(Br)cc1)C(=O)CN(c1ccccc1OC)S(=O)(=O)c1ccc(OC)cc1. The fourth-order valence-corrected chi connectivity index (χ4v) is 6.69. The number of benzene rings is 4. The number of sulfonamides is 1. The summed E-state index contributed by atoms with van der Waals surface area (Å²) in [5.74, 6) is -0.125. The number of hydrogen-bond acceptors (Lipinski definition) is 6. The molecule has 9 nitrogen and oxygen atoms in total. The molecule has 47 heavy (non-hydrogen) atoms. The van der Waals surface area contributed by atoms with Crippen LogP contribution in [0, 0.1) is 0 Å². The standard InChI is InChI=1S/C36H40BrN3O6S/c1-5-26(2)38-36(42)33(23-27-11-7-6-8-12-27)39(24-28-15-17-29(37)18-16-28)35(41)25-40(32-13-9-10-14-34(32)46-4)47(43,44)31-21-19-30(45-3)20-22-31/h6-22,26,33H,5,23-25H2,1-4H3,(H,38,42)/t26-,33-/m1/s1. The quantitative estimate of drug-likeness (QED) is 0.156. The molecule has 0 saturated heterocycles. The molecule has 11 heteroatoms. The molecule has 0 aliphatic heterocycles. The van der Waals surface area contributed by atoms with Gasteiger partial charge in [0.15, 0.2) is 0 Å². The Balaban J connectivity index is 1.83. The molecule has 2 atom stereocenters. The lowest BCUT2D eigenvalue weighted by Crippen LogP contribution is -2.54. The molecule has 0 aliphatic rings. The maximum Gasteiger partial charge on any atom is 0.264 e. The topological polar surface area (TPSA) is 105 Å². The third-order valence-corrected chi connectivity index (χ3v) is 10.1. The van der Waals surface area contributed by atoms with Crippen molar-refractivity contribution in [1.29, 1.82) is 0 Å². The van der Waals surface area contributed by atoms with Crippen molar-refractivity contribution >= 4 is 43.5 Å². The molecule has 4 aromatic carbocycles. The van der Waals surface area contributed by atoms with Crippen molar-refractivity contribution < 1.29 is 27.5 Å². The summed E-state index contributed by atoms with van der Waals surface area (Å²) >= 11 is 3.46. The molecule has 0 unspecified atom stereocenters. The van der Waals surface area contributed by atoms with Crippen molar-refractivity contribution in [3.63, 3.8) is 0 Å². The lowest BCUT2D eigenvalue weighted by atomic mass is 10.0. The Kier molecular flexibility index (Phi) is 12.4. The van der Waals surface area contributed by atoms with E-state index >= 15 is 0 Å². The highest BCUT2D eigenvalue weighted by Crippen LogP contribution is 2.33. The minimum atomic E-state index is -4.30. The van der Waals surface area contributed by atoms with Crippen LogP contribution in [0.1, 0.15) is 31.4 Å². The zero-order valence-electron chi connectivity index (χ0n) is 26.9. The van der Waals surface area contributed by atoms with Gasteiger partial charge in [0.1, 0.15) is 24.1 Å². The van der Waals surface area contributed by atoms with Crippen LogP contribution in [0.5, 0.6) is 11.5 Å². The number of nitrogens with one attached hydrogen (secondary N) is 1. The fourth-order valence-electron chi connectivity index (χ4n) is 5.01. The molecule has 0 radical (unpaired) electrons. The smallest absolute Gasteiger partial charge is 0.264 e. The van der Waals surface area contributed by atoms with Gasteiger partial charge in [-0.3, -0.25) is 13.9 Å². The van der Waals surface area contributed by atoms with E-state index in [9.17, 15) is 18.0 Å². The molecule has 4 rings (SSSR count). The number of carbonyl (C=O) groups excluding carboxylic acids is 2. The largest absolute Gasteiger partial charge is 0.497 e. The Morgan fingerprint density at radius 1 is 0.830 bits per heavy atom. The predicted octanol–water partition coefficient (Wildman–Crippen LogP) is 6.22. The second-order valence-electron chi connectivity index (χ2n) is 11.0. The van der Waals surface area contributed by atoms with Crippen LogP contribution in [0.3, 0.4) is 0 Å². The van der Waals surface area contributed by atoms with Crippen LogP contribution in [0.4, 0.5) is 5.69 Å². The molecule has 1 N–H and O–H groups in total. The maximum atomic E-state index is 14.6. The Morgan fingerprint density at radius 3 is 2.09 bits per heavy atom. The number of halogens is 1. The van der Waals surface area contributed by atoms with Gasteiger partial charge >= 0.3 is 0 Å². The number of amides is 2. The average Bonchev–Trinajstić information content (AvgIpc) is 3.09. The van der Waals surface area contributed by atoms with Crippen LogP contribution in [0.15, 0.2) is 112 Å². The van der Waals surface area contributed by atoms with Gasteiger partial charge in [-0.05, 0) is 73.0 Å². The van der Waals surface area contributed by atoms with E-state index in [0.29, 0.717) is 12.2 Å². The summed E-state index contributed by atoms with van der Waals surface area (Å²) in [5.41, 5.74) is 1.82. The molecule has 0 bridgehead atoms. The zero-order valence-corrected chi connectivity index (χ0v) is 29.3. The van der Waals surface area contributed by atoms with Gasteiger partial charge in [0.2, 0.25) is 11.8 Å². The normalized spacial score (nSPS) is 12.4. The van der Waals surface area contributed by atoms with Gasteiger partial charge in [-0.15, -0.1) is 0 Å². The van der Waals surface area contributed by atoms with E-state index in [2.05, 4.69) is 21.2 Å². The monoisotopic (exact) mass is 721 g/mol. The van der Waals surface area contributed by atoms with E-state index in [1.807, 2.05) is 68.4 Å². The number of anilines is 1. The highest BCUT2D eigenvalue weighted by atomic mass is 79.9. The van der Waals surface area contributed by atoms with E-state index in [-0.39, 0.29) is 41.2 Å². The fraction of sp³-hybridized carbons (Fsp3) is 0.278. The molecule has 0 saturated carbocycles. The van der Waals surface area contributed by atoms with Gasteiger partial charge in [-0.25, -0.2) is 8.42 Å². The first-order chi connectivity index (χ1) is 22.6. The summed E-state index contributed by atoms with van der Waals surface area (Å²) in [6, 6.07) is 28.4. The Morgan fingerprint density at radius 2 is 1.47 bits per heavy atom. The van der Waals surface area contributed by atoms with Crippen molar-refractivity contribution in [2.75, 3.05) is 25.1 Å². The summed E-state index contributed by atoms with van der Waals surface area (Å²) in [4.78, 5) is 30.0. The number of nitrogens with zero attached hydrogens (tertiary/aromatic N) is 2. The number of carbonyl (C=O) groups is 2. The van der Waals surface area contributed by atoms with Crippen LogP contribution >= 0.6 is 15.9 Å². The molecule has 0 fully saturated rings. The molecule has 2 amide bonds. The first kappa shape index (κ1) is 35.5. The summed E-state index contributed by atoms with van der Waals surface area (Å²) < 4.78 is 41.3. The first-order valence-electron chi connectivity index (χ1n) is 15.2. The third-order valence-electron chi connectivity index (χ3n) is 7.82. The van der Waals surface area contributed by atoms with E-state index in [1.54, 1.807) is 36.4 Å². The molecule has 248 valence electrons. The Bertz CT molecular complexity index is 1740. The van der Waals surface area contributed by atoms with Crippen molar-refractivity contribution in [1.82, 2.24) is 10.2 Å². The van der Waals surface area contributed by atoms with E-state index in [0.717, 1.165) is 19.9 Å². The number of hydrogen-bond donors (Lipinski definition) is 1. The summed E-state index contributed by atoms with van der Waals surface area (Å²) in [6.45, 7) is 3.35. The van der Waals surface area contributed by atoms with Crippen molar-refractivity contribution in [2.24, 2.45) is 0 Å². The molecule has 4 aromatic rings. The number of para-hydroxylation sites is 2. The van der Waals surface area contributed by atoms with Crippen molar-refractivity contribution in [2.45, 2.75) is 50.2 Å². The van der Waals surface area contributed by atoms with Gasteiger partial charge in [0.05, 0.1) is 24.8 Å². The zero-order chi connectivity index (χ0) is 34.0. The Hall–Kier alpha value is -4.35. The van der Waals surface area contributed by atoms with E-state index < -0.39 is 28.5 Å². The maximum absolute atomic E-state index is 14.6. The second-order valence-corrected chi connectivity index (χ2v) is 13.8. The minimum Gasteiger partial charge on any atom is -0.497 e. The lowest BCUT2D eigenvalue weighted by molar-refractivity contribution is -0.140. The summed E-state index contributed by atoms with van der Waals surface area (Å²) in [5, 5.41) is 3.05. The van der Waals surface area contributed by atoms with Crippen molar-refractivity contribution in [3.8, 4) is 11.5 Å². The average molecular weight is 723 g/mol. The van der Waals surface area contributed by atoms with Gasteiger partial charge in [-0.1, -0.05) is 77.5 Å². The predicted molar refractivity (Wildman–Crippen MR) is 187 cm³/mol. The van der Waals surface area contributed by atoms with Gasteiger partial charge in [-0.2, -0.15) is 0 Å². The first-order valence-corrected chi connectivity index (χ1v) is 17.5. The molecular weight excluding hydrogens is 682 g/mol. The molecule has 0 aliphatic carbocycles. The van der Waals surface area contributed by atoms with Crippen LogP contribution in [-0.2, 0) is 32.6 Å². The van der Waals surface area contributed by atoms with Crippen molar-refractivity contribution in [3.05, 3.63) is 119 Å². The molecule has 0 heterocycles. The van der Waals surface area contributed by atoms with Crippen LogP contribution in [-0.4, -0.2) is 58.0 Å². The lowest BCUT2D eigenvalue weighted by Gasteiger charge is -2.34. The van der Waals surface area contributed by atoms with Gasteiger partial charge in [0.25, 0.3) is 10.0 Å².